The van der Waals surface area contributed by atoms with Gasteiger partial charge in [0, 0.05) is 48.9 Å². The lowest BCUT2D eigenvalue weighted by molar-refractivity contribution is -0.135. The van der Waals surface area contributed by atoms with Crippen molar-refractivity contribution < 1.29 is 9.59 Å². The topological polar surface area (TPSA) is 43.9 Å². The second-order valence-corrected chi connectivity index (χ2v) is 10.1. The van der Waals surface area contributed by atoms with Crippen LogP contribution in [0.2, 0.25) is 0 Å². The molecule has 0 unspecified atom stereocenters. The molecule has 5 rings (SSSR count). The van der Waals surface area contributed by atoms with Crippen LogP contribution >= 0.6 is 11.3 Å². The van der Waals surface area contributed by atoms with Gasteiger partial charge in [0.05, 0.1) is 12.0 Å². The van der Waals surface area contributed by atoms with E-state index in [0.717, 1.165) is 17.0 Å². The molecule has 3 aromatic rings. The number of fused-ring (bicyclic) bond motifs is 1. The van der Waals surface area contributed by atoms with Crippen LogP contribution in [0.4, 0.5) is 5.69 Å². The standard InChI is InChI=1S/C27H29N3O2S/c1-18-10-12-20(13-11-18)30-15-14-29(17-19(30)2)27(32)24-21-7-4-5-8-22(21)26(31)28(3)25(24)23-9-6-16-33-23/h4-13,16,19,24-25H,14-15,17H2,1-3H3/t19-,24-,25-/m1/s1. The summed E-state index contributed by atoms with van der Waals surface area (Å²) in [6, 6.07) is 20.1. The molecule has 1 aromatic heterocycles. The number of likely N-dealkylation sites (N-methyl/N-ethyl adjacent to an activating group) is 1. The third kappa shape index (κ3) is 3.82. The van der Waals surface area contributed by atoms with Gasteiger partial charge in [-0.05, 0) is 49.1 Å². The lowest BCUT2D eigenvalue weighted by Gasteiger charge is -2.45. The van der Waals surface area contributed by atoms with Crippen molar-refractivity contribution in [3.63, 3.8) is 0 Å². The number of piperazine rings is 1. The maximum atomic E-state index is 14.1. The van der Waals surface area contributed by atoms with Crippen LogP contribution in [0.25, 0.3) is 0 Å². The second-order valence-electron chi connectivity index (χ2n) is 9.10. The van der Waals surface area contributed by atoms with Gasteiger partial charge in [0.25, 0.3) is 5.91 Å². The molecule has 0 bridgehead atoms. The maximum absolute atomic E-state index is 14.1. The van der Waals surface area contributed by atoms with Crippen molar-refractivity contribution in [3.05, 3.63) is 87.6 Å². The summed E-state index contributed by atoms with van der Waals surface area (Å²) in [6.07, 6.45) is 0. The molecular formula is C27H29N3O2S. The number of carbonyl (C=O) groups excluding carboxylic acids is 2. The fraction of sp³-hybridized carbons (Fsp3) is 0.333. The molecule has 0 N–H and O–H groups in total. The first-order valence-electron chi connectivity index (χ1n) is 11.5. The Balaban J connectivity index is 1.45. The molecule has 0 radical (unpaired) electrons. The molecule has 170 valence electrons. The minimum absolute atomic E-state index is 0.0226. The minimum atomic E-state index is -0.402. The Morgan fingerprint density at radius 3 is 2.45 bits per heavy atom. The van der Waals surface area contributed by atoms with Gasteiger partial charge in [-0.2, -0.15) is 0 Å². The van der Waals surface area contributed by atoms with Gasteiger partial charge in [-0.3, -0.25) is 9.59 Å². The number of hydrogen-bond acceptors (Lipinski definition) is 4. The number of nitrogens with zero attached hydrogens (tertiary/aromatic N) is 3. The van der Waals surface area contributed by atoms with Crippen molar-refractivity contribution in [2.24, 2.45) is 0 Å². The lowest BCUT2D eigenvalue weighted by Crippen LogP contribution is -2.56. The van der Waals surface area contributed by atoms with Gasteiger partial charge in [-0.25, -0.2) is 0 Å². The summed E-state index contributed by atoms with van der Waals surface area (Å²) in [5.74, 6) is -0.318. The van der Waals surface area contributed by atoms with Gasteiger partial charge in [0.2, 0.25) is 5.91 Å². The van der Waals surface area contributed by atoms with Crippen LogP contribution in [0.5, 0.6) is 0 Å². The first-order valence-corrected chi connectivity index (χ1v) is 12.3. The van der Waals surface area contributed by atoms with E-state index in [1.807, 2.05) is 53.7 Å². The van der Waals surface area contributed by atoms with Crippen LogP contribution in [-0.2, 0) is 4.79 Å². The highest BCUT2D eigenvalue weighted by Crippen LogP contribution is 2.44. The van der Waals surface area contributed by atoms with E-state index < -0.39 is 5.92 Å². The molecule has 2 amide bonds. The van der Waals surface area contributed by atoms with Crippen LogP contribution in [0.15, 0.2) is 66.0 Å². The summed E-state index contributed by atoms with van der Waals surface area (Å²) < 4.78 is 0. The van der Waals surface area contributed by atoms with E-state index in [4.69, 9.17) is 0 Å². The summed E-state index contributed by atoms with van der Waals surface area (Å²) in [5, 5.41) is 2.01. The fourth-order valence-corrected chi connectivity index (χ4v) is 6.14. The van der Waals surface area contributed by atoms with Gasteiger partial charge in [-0.15, -0.1) is 11.3 Å². The summed E-state index contributed by atoms with van der Waals surface area (Å²) in [6.45, 7) is 6.41. The smallest absolute Gasteiger partial charge is 0.254 e. The molecule has 2 aliphatic rings. The molecule has 33 heavy (non-hydrogen) atoms. The van der Waals surface area contributed by atoms with Crippen molar-refractivity contribution in [1.29, 1.82) is 0 Å². The molecule has 0 aliphatic carbocycles. The minimum Gasteiger partial charge on any atom is -0.365 e. The molecule has 5 nitrogen and oxygen atoms in total. The zero-order chi connectivity index (χ0) is 23.1. The fourth-order valence-electron chi connectivity index (χ4n) is 5.23. The SMILES string of the molecule is Cc1ccc(N2CCN(C(=O)[C@@H]3c4ccccc4C(=O)N(C)[C@@H]3c3cccs3)C[C@H]2C)cc1. The van der Waals surface area contributed by atoms with Crippen LogP contribution in [-0.4, -0.2) is 54.3 Å². The van der Waals surface area contributed by atoms with E-state index in [2.05, 4.69) is 43.0 Å². The lowest BCUT2D eigenvalue weighted by atomic mass is 9.81. The summed E-state index contributed by atoms with van der Waals surface area (Å²) in [7, 11) is 1.82. The highest BCUT2D eigenvalue weighted by Gasteiger charge is 2.45. The van der Waals surface area contributed by atoms with Gasteiger partial charge < -0.3 is 14.7 Å². The van der Waals surface area contributed by atoms with Gasteiger partial charge in [0.15, 0.2) is 0 Å². The van der Waals surface area contributed by atoms with Gasteiger partial charge >= 0.3 is 0 Å². The van der Waals surface area contributed by atoms with E-state index in [9.17, 15) is 9.59 Å². The molecule has 2 aromatic carbocycles. The van der Waals surface area contributed by atoms with Crippen molar-refractivity contribution >= 4 is 28.8 Å². The zero-order valence-electron chi connectivity index (χ0n) is 19.3. The Morgan fingerprint density at radius 1 is 1.00 bits per heavy atom. The summed E-state index contributed by atoms with van der Waals surface area (Å²) in [5.41, 5.74) is 3.93. The Labute approximate surface area is 199 Å². The molecule has 1 saturated heterocycles. The first-order chi connectivity index (χ1) is 16.0. The quantitative estimate of drug-likeness (QED) is 0.570. The number of aryl methyl sites for hydroxylation is 1. The van der Waals surface area contributed by atoms with Crippen molar-refractivity contribution in [3.8, 4) is 0 Å². The highest BCUT2D eigenvalue weighted by molar-refractivity contribution is 7.10. The second kappa shape index (κ2) is 8.67. The Bertz CT molecular complexity index is 1160. The zero-order valence-corrected chi connectivity index (χ0v) is 20.1. The number of carbonyl (C=O) groups is 2. The molecule has 0 saturated carbocycles. The third-order valence-corrected chi connectivity index (χ3v) is 7.93. The number of thiophene rings is 1. The Morgan fingerprint density at radius 2 is 1.76 bits per heavy atom. The highest BCUT2D eigenvalue weighted by atomic mass is 32.1. The van der Waals surface area contributed by atoms with Crippen LogP contribution in [0.3, 0.4) is 0 Å². The van der Waals surface area contributed by atoms with E-state index in [1.165, 1.54) is 11.3 Å². The normalized spacial score (nSPS) is 22.9. The molecule has 6 heteroatoms. The van der Waals surface area contributed by atoms with Crippen LogP contribution in [0.1, 0.15) is 45.2 Å². The predicted octanol–water partition coefficient (Wildman–Crippen LogP) is 4.70. The predicted molar refractivity (Wildman–Crippen MR) is 133 cm³/mol. The number of anilines is 1. The molecule has 3 atom stereocenters. The van der Waals surface area contributed by atoms with Crippen molar-refractivity contribution in [2.45, 2.75) is 31.8 Å². The third-order valence-electron chi connectivity index (χ3n) is 6.99. The molecule has 0 spiro atoms. The molecule has 3 heterocycles. The van der Waals surface area contributed by atoms with Gasteiger partial charge in [0.1, 0.15) is 0 Å². The van der Waals surface area contributed by atoms with E-state index in [-0.39, 0.29) is 23.9 Å². The largest absolute Gasteiger partial charge is 0.365 e. The molecular weight excluding hydrogens is 430 g/mol. The maximum Gasteiger partial charge on any atom is 0.254 e. The number of hydrogen-bond donors (Lipinski definition) is 0. The van der Waals surface area contributed by atoms with Crippen LogP contribution < -0.4 is 4.90 Å². The van der Waals surface area contributed by atoms with E-state index in [0.29, 0.717) is 18.7 Å². The number of rotatable bonds is 3. The Kier molecular flexibility index (Phi) is 5.71. The number of benzene rings is 2. The molecule has 2 aliphatic heterocycles. The average Bonchev–Trinajstić information content (AvgIpc) is 3.36. The van der Waals surface area contributed by atoms with Crippen molar-refractivity contribution in [2.75, 3.05) is 31.6 Å². The summed E-state index contributed by atoms with van der Waals surface area (Å²) >= 11 is 1.60. The monoisotopic (exact) mass is 459 g/mol. The van der Waals surface area contributed by atoms with Crippen molar-refractivity contribution in [1.82, 2.24) is 9.80 Å². The average molecular weight is 460 g/mol. The summed E-state index contributed by atoms with van der Waals surface area (Å²) in [4.78, 5) is 34.4. The Hall–Kier alpha value is -3.12. The molecule has 1 fully saturated rings. The van der Waals surface area contributed by atoms with E-state index >= 15 is 0 Å². The van der Waals surface area contributed by atoms with Crippen LogP contribution in [0, 0.1) is 6.92 Å². The first kappa shape index (κ1) is 21.7. The van der Waals surface area contributed by atoms with E-state index in [1.54, 1.807) is 16.2 Å². The van der Waals surface area contributed by atoms with Gasteiger partial charge in [-0.1, -0.05) is 42.0 Å². The number of amides is 2.